The van der Waals surface area contributed by atoms with Crippen LogP contribution in [-0.2, 0) is 0 Å². The van der Waals surface area contributed by atoms with E-state index < -0.39 is 6.08 Å². The van der Waals surface area contributed by atoms with E-state index in [4.69, 9.17) is 5.84 Å². The minimum atomic E-state index is -0.820. The third-order valence-corrected chi connectivity index (χ3v) is 1.13. The Hall–Kier alpha value is -1.30. The molecule has 0 aromatic carbocycles. The van der Waals surface area contributed by atoms with Gasteiger partial charge in [-0.1, -0.05) is 0 Å². The summed E-state index contributed by atoms with van der Waals surface area (Å²) >= 11 is 0. The van der Waals surface area contributed by atoms with Crippen LogP contribution in [0.25, 0.3) is 0 Å². The van der Waals surface area contributed by atoms with Gasteiger partial charge in [-0.05, 0) is 6.92 Å². The zero-order valence-electron chi connectivity index (χ0n) is 6.03. The van der Waals surface area contributed by atoms with Gasteiger partial charge in [-0.25, -0.2) is 5.84 Å². The molecule has 0 amide bonds. The summed E-state index contributed by atoms with van der Waals surface area (Å²) in [7, 11) is 0. The molecule has 0 aliphatic heterocycles. The van der Waals surface area contributed by atoms with Crippen LogP contribution in [-0.4, -0.2) is 21.5 Å². The van der Waals surface area contributed by atoms with Gasteiger partial charge in [0.25, 0.3) is 0 Å². The molecule has 60 valence electrons. The highest BCUT2D eigenvalue weighted by atomic mass is 19.1. The Bertz CT molecular complexity index is 240. The van der Waals surface area contributed by atoms with E-state index in [1.807, 2.05) is 6.92 Å². The number of anilines is 1. The molecule has 1 aromatic rings. The van der Waals surface area contributed by atoms with E-state index in [0.717, 1.165) is 6.33 Å². The first kappa shape index (κ1) is 7.80. The monoisotopic (exact) mass is 157 g/mol. The van der Waals surface area contributed by atoms with Gasteiger partial charge in [0.1, 0.15) is 6.33 Å². The van der Waals surface area contributed by atoms with E-state index in [0.29, 0.717) is 6.54 Å². The molecule has 0 radical (unpaired) electrons. The predicted molar refractivity (Wildman–Crippen MR) is 37.0 cm³/mol. The molecule has 0 bridgehead atoms. The maximum absolute atomic E-state index is 12.3. The van der Waals surface area contributed by atoms with Crippen LogP contribution in [0.3, 0.4) is 0 Å². The highest BCUT2D eigenvalue weighted by molar-refractivity contribution is 5.23. The fraction of sp³-hybridized carbons (Fsp3) is 0.400. The first-order valence-electron chi connectivity index (χ1n) is 3.10. The van der Waals surface area contributed by atoms with Crippen molar-refractivity contribution in [2.24, 2.45) is 5.84 Å². The number of nitrogens with two attached hydrogens (primary N) is 1. The summed E-state index contributed by atoms with van der Waals surface area (Å²) in [5.74, 6) is 5.52. The highest BCUT2D eigenvalue weighted by Gasteiger charge is 2.02. The minimum Gasteiger partial charge on any atom is -0.279 e. The van der Waals surface area contributed by atoms with Gasteiger partial charge in [-0.15, -0.1) is 0 Å². The molecule has 2 N–H and O–H groups in total. The predicted octanol–water partition coefficient (Wildman–Crippen LogP) is -0.289. The molecule has 0 aliphatic rings. The van der Waals surface area contributed by atoms with Crippen LogP contribution >= 0.6 is 0 Å². The lowest BCUT2D eigenvalue weighted by atomic mass is 10.7. The molecule has 0 spiro atoms. The molecule has 0 atom stereocenters. The first-order chi connectivity index (χ1) is 5.24. The van der Waals surface area contributed by atoms with Gasteiger partial charge >= 0.3 is 6.08 Å². The maximum atomic E-state index is 12.3. The van der Waals surface area contributed by atoms with E-state index in [9.17, 15) is 4.39 Å². The van der Waals surface area contributed by atoms with Gasteiger partial charge in [0.15, 0.2) is 0 Å². The minimum absolute atomic E-state index is 0.139. The molecular weight excluding hydrogens is 149 g/mol. The Labute approximate surface area is 63.1 Å². The number of halogens is 1. The third-order valence-electron chi connectivity index (χ3n) is 1.13. The van der Waals surface area contributed by atoms with Crippen molar-refractivity contribution in [1.29, 1.82) is 0 Å². The number of hydrogen-bond donors (Lipinski definition) is 1. The average molecular weight is 157 g/mol. The molecule has 0 aliphatic carbocycles. The van der Waals surface area contributed by atoms with Crippen LogP contribution in [0, 0.1) is 6.08 Å². The van der Waals surface area contributed by atoms with Gasteiger partial charge < -0.3 is 0 Å². The van der Waals surface area contributed by atoms with Crippen LogP contribution in [0.1, 0.15) is 6.92 Å². The normalized spacial score (nSPS) is 9.73. The van der Waals surface area contributed by atoms with E-state index in [2.05, 4.69) is 15.0 Å². The second kappa shape index (κ2) is 3.20. The molecule has 0 saturated carbocycles. The number of nitrogens with zero attached hydrogens (tertiary/aromatic N) is 4. The van der Waals surface area contributed by atoms with E-state index in [1.54, 1.807) is 0 Å². The number of hydrogen-bond acceptors (Lipinski definition) is 5. The van der Waals surface area contributed by atoms with Crippen molar-refractivity contribution in [3.05, 3.63) is 12.4 Å². The lowest BCUT2D eigenvalue weighted by Crippen LogP contribution is -2.32. The van der Waals surface area contributed by atoms with Crippen molar-refractivity contribution in [3.63, 3.8) is 0 Å². The largest absolute Gasteiger partial charge is 0.313 e. The summed E-state index contributed by atoms with van der Waals surface area (Å²) in [4.78, 5) is 10.2. The maximum Gasteiger partial charge on any atom is 0.313 e. The second-order valence-corrected chi connectivity index (χ2v) is 1.84. The van der Waals surface area contributed by atoms with Crippen LogP contribution < -0.4 is 10.9 Å². The fourth-order valence-electron chi connectivity index (χ4n) is 0.548. The Kier molecular flexibility index (Phi) is 2.27. The van der Waals surface area contributed by atoms with Crippen LogP contribution in [0.15, 0.2) is 6.33 Å². The summed E-state index contributed by atoms with van der Waals surface area (Å²) in [6.45, 7) is 2.32. The van der Waals surface area contributed by atoms with E-state index in [-0.39, 0.29) is 5.95 Å². The van der Waals surface area contributed by atoms with Crippen molar-refractivity contribution in [3.8, 4) is 0 Å². The van der Waals surface area contributed by atoms with Crippen LogP contribution in [0.2, 0.25) is 0 Å². The van der Waals surface area contributed by atoms with Crippen LogP contribution in [0.5, 0.6) is 0 Å². The van der Waals surface area contributed by atoms with Crippen molar-refractivity contribution in [1.82, 2.24) is 15.0 Å². The molecule has 0 fully saturated rings. The topological polar surface area (TPSA) is 67.9 Å². The number of aromatic nitrogens is 3. The molecule has 1 rings (SSSR count). The van der Waals surface area contributed by atoms with E-state index in [1.165, 1.54) is 5.01 Å². The van der Waals surface area contributed by atoms with Crippen molar-refractivity contribution < 1.29 is 4.39 Å². The molecule has 1 aromatic heterocycles. The standard InChI is InChI=1S/C5H8FN5/c1-2-11(7)5-9-3-8-4(6)10-5/h3H,2,7H2,1H3. The average Bonchev–Trinajstić information content (AvgIpc) is 2.03. The van der Waals surface area contributed by atoms with E-state index >= 15 is 0 Å². The smallest absolute Gasteiger partial charge is 0.279 e. The summed E-state index contributed by atoms with van der Waals surface area (Å²) in [5, 5.41) is 1.23. The van der Waals surface area contributed by atoms with Gasteiger partial charge in [-0.2, -0.15) is 19.3 Å². The molecule has 1 heterocycles. The Balaban J connectivity index is 2.86. The zero-order valence-corrected chi connectivity index (χ0v) is 6.03. The Morgan fingerprint density at radius 2 is 2.36 bits per heavy atom. The third kappa shape index (κ3) is 1.81. The lowest BCUT2D eigenvalue weighted by Gasteiger charge is -2.11. The quantitative estimate of drug-likeness (QED) is 0.472. The highest BCUT2D eigenvalue weighted by Crippen LogP contribution is 1.98. The van der Waals surface area contributed by atoms with Crippen molar-refractivity contribution >= 4 is 5.95 Å². The number of rotatable bonds is 2. The summed E-state index contributed by atoms with van der Waals surface area (Å²) in [6.07, 6.45) is 0.256. The summed E-state index contributed by atoms with van der Waals surface area (Å²) in [5.41, 5.74) is 0. The second-order valence-electron chi connectivity index (χ2n) is 1.84. The molecule has 0 saturated heterocycles. The fourth-order valence-corrected chi connectivity index (χ4v) is 0.548. The van der Waals surface area contributed by atoms with Crippen molar-refractivity contribution in [2.45, 2.75) is 6.92 Å². The molecule has 11 heavy (non-hydrogen) atoms. The molecule has 0 unspecified atom stereocenters. The van der Waals surface area contributed by atoms with Gasteiger partial charge in [0.2, 0.25) is 5.95 Å². The van der Waals surface area contributed by atoms with Gasteiger partial charge in [-0.3, -0.25) is 5.01 Å². The number of hydrazine groups is 1. The first-order valence-corrected chi connectivity index (χ1v) is 3.10. The van der Waals surface area contributed by atoms with Crippen molar-refractivity contribution in [2.75, 3.05) is 11.6 Å². The Morgan fingerprint density at radius 3 is 2.91 bits per heavy atom. The Morgan fingerprint density at radius 1 is 1.64 bits per heavy atom. The molecular formula is C5H8FN5. The van der Waals surface area contributed by atoms with Gasteiger partial charge in [0, 0.05) is 6.54 Å². The summed E-state index contributed by atoms with van der Waals surface area (Å²) < 4.78 is 12.3. The SMILES string of the molecule is CCN(N)c1ncnc(F)n1. The molecule has 6 heteroatoms. The molecule has 5 nitrogen and oxygen atoms in total. The van der Waals surface area contributed by atoms with Crippen LogP contribution in [0.4, 0.5) is 10.3 Å². The zero-order chi connectivity index (χ0) is 8.27. The lowest BCUT2D eigenvalue weighted by molar-refractivity contribution is 0.530. The summed E-state index contributed by atoms with van der Waals surface area (Å²) in [6, 6.07) is 0. The van der Waals surface area contributed by atoms with Gasteiger partial charge in [0.05, 0.1) is 0 Å².